The molecule has 7 heteroatoms. The molecule has 0 aromatic rings. The SMILES string of the molecule is [F-].[F-].[F-].[F-].[F-].[F-].[Os+6]. The monoisotopic (exact) mass is 306 g/mol. The Morgan fingerprint density at radius 3 is 0.286 bits per heavy atom. The third kappa shape index (κ3) is 2360. The molecule has 0 nitrogen and oxygen atoms in total. The Kier molecular flexibility index (Phi) is 3070000. The molecule has 0 aliphatic rings. The number of halogens is 6. The maximum Gasteiger partial charge on any atom is 6.00 e. The Hall–Kier alpha value is 0.216. The van der Waals surface area contributed by atoms with Crippen molar-refractivity contribution in [2.75, 3.05) is 0 Å². The zero-order chi connectivity index (χ0) is 0. The largest absolute Gasteiger partial charge is 6.00 e. The van der Waals surface area contributed by atoms with Gasteiger partial charge in [-0.1, -0.05) is 0 Å². The van der Waals surface area contributed by atoms with Crippen LogP contribution >= 0.6 is 0 Å². The third-order valence-corrected chi connectivity index (χ3v) is 0. The van der Waals surface area contributed by atoms with Crippen LogP contribution in [-0.2, 0) is 19.8 Å². The quantitative estimate of drug-likeness (QED) is 0.390. The van der Waals surface area contributed by atoms with Crippen LogP contribution in [0.1, 0.15) is 0 Å². The van der Waals surface area contributed by atoms with Crippen LogP contribution in [0.2, 0.25) is 0 Å². The van der Waals surface area contributed by atoms with Crippen molar-refractivity contribution in [3.63, 3.8) is 0 Å². The van der Waals surface area contributed by atoms with E-state index in [2.05, 4.69) is 0 Å². The summed E-state index contributed by atoms with van der Waals surface area (Å²) < 4.78 is 0. The number of rotatable bonds is 0. The van der Waals surface area contributed by atoms with Crippen molar-refractivity contribution in [3.05, 3.63) is 0 Å². The van der Waals surface area contributed by atoms with Crippen LogP contribution < -0.4 is 28.2 Å². The molecular formula is F6Os. The minimum absolute atomic E-state index is 0. The zero-order valence-corrected chi connectivity index (χ0v) is 5.16. The second-order valence-corrected chi connectivity index (χ2v) is 0. The van der Waals surface area contributed by atoms with Gasteiger partial charge in [0.2, 0.25) is 0 Å². The van der Waals surface area contributed by atoms with Crippen molar-refractivity contribution in [1.29, 1.82) is 0 Å². The van der Waals surface area contributed by atoms with E-state index < -0.39 is 0 Å². The van der Waals surface area contributed by atoms with Gasteiger partial charge < -0.3 is 28.2 Å². The van der Waals surface area contributed by atoms with Gasteiger partial charge in [-0.2, -0.15) is 0 Å². The van der Waals surface area contributed by atoms with Crippen LogP contribution in [-0.4, -0.2) is 0 Å². The second kappa shape index (κ2) is 3610. The standard InChI is InChI=1S/6FH.Os/h6*1H;/q;;;;;;+6/p-6. The van der Waals surface area contributed by atoms with Gasteiger partial charge in [-0.05, 0) is 0 Å². The second-order valence-electron chi connectivity index (χ2n) is 0. The van der Waals surface area contributed by atoms with Gasteiger partial charge in [-0.25, -0.2) is 0 Å². The minimum atomic E-state index is 0. The van der Waals surface area contributed by atoms with Crippen LogP contribution in [0.15, 0.2) is 0 Å². The molecule has 0 saturated carbocycles. The van der Waals surface area contributed by atoms with Gasteiger partial charge in [0, 0.05) is 0 Å². The van der Waals surface area contributed by atoms with Crippen LogP contribution in [0.5, 0.6) is 0 Å². The summed E-state index contributed by atoms with van der Waals surface area (Å²) in [5.74, 6) is 0. The van der Waals surface area contributed by atoms with E-state index in [9.17, 15) is 0 Å². The van der Waals surface area contributed by atoms with Gasteiger partial charge in [0.15, 0.2) is 0 Å². The summed E-state index contributed by atoms with van der Waals surface area (Å²) in [6.45, 7) is 0. The molecule has 0 unspecified atom stereocenters. The van der Waals surface area contributed by atoms with E-state index in [1.54, 1.807) is 0 Å². The molecule has 7 heavy (non-hydrogen) atoms. The van der Waals surface area contributed by atoms with E-state index in [-0.39, 0.29) is 48.0 Å². The fraction of sp³-hybridized carbons (Fsp3) is 0. The van der Waals surface area contributed by atoms with Crippen molar-refractivity contribution in [2.24, 2.45) is 0 Å². The van der Waals surface area contributed by atoms with E-state index in [0.717, 1.165) is 0 Å². The normalized spacial score (nSPS) is 0. The van der Waals surface area contributed by atoms with Gasteiger partial charge in [-0.3, -0.25) is 0 Å². The molecule has 0 rings (SSSR count). The summed E-state index contributed by atoms with van der Waals surface area (Å²) in [4.78, 5) is 0. The molecule has 0 aromatic carbocycles. The summed E-state index contributed by atoms with van der Waals surface area (Å²) in [6, 6.07) is 0. The first kappa shape index (κ1) is 5960. The van der Waals surface area contributed by atoms with Gasteiger partial charge in [0.25, 0.3) is 0 Å². The Morgan fingerprint density at radius 1 is 0.286 bits per heavy atom. The van der Waals surface area contributed by atoms with Crippen molar-refractivity contribution < 1.29 is 48.0 Å². The molecule has 0 atom stereocenters. The first-order chi connectivity index (χ1) is 0. The van der Waals surface area contributed by atoms with Gasteiger partial charge in [0.05, 0.1) is 0 Å². The van der Waals surface area contributed by atoms with Crippen molar-refractivity contribution in [1.82, 2.24) is 0 Å². The van der Waals surface area contributed by atoms with Gasteiger partial charge in [0.1, 0.15) is 0 Å². The molecule has 0 aliphatic heterocycles. The smallest absolute Gasteiger partial charge is 1.00 e. The van der Waals surface area contributed by atoms with E-state index in [0.29, 0.717) is 0 Å². The summed E-state index contributed by atoms with van der Waals surface area (Å²) in [7, 11) is 0. The summed E-state index contributed by atoms with van der Waals surface area (Å²) in [6.07, 6.45) is 0. The van der Waals surface area contributed by atoms with Crippen LogP contribution in [0.4, 0.5) is 0 Å². The first-order valence-electron chi connectivity index (χ1n) is 0. The van der Waals surface area contributed by atoms with Gasteiger partial charge in [-0.15, -0.1) is 0 Å². The zero-order valence-electron chi connectivity index (χ0n) is 2.62. The predicted molar refractivity (Wildman–Crippen MR) is 0 cm³/mol. The van der Waals surface area contributed by atoms with E-state index in [4.69, 9.17) is 0 Å². The van der Waals surface area contributed by atoms with Crippen LogP contribution in [0.25, 0.3) is 0 Å². The average Bonchev–Trinajstić information content (AvgIpc) is 0. The predicted octanol–water partition coefficient (Wildman–Crippen LogP) is -18.0. The molecule has 0 aromatic heterocycles. The molecule has 0 saturated heterocycles. The maximum absolute atomic E-state index is 0. The Labute approximate surface area is 48.9 Å². The minimum Gasteiger partial charge on any atom is -1.00 e. The summed E-state index contributed by atoms with van der Waals surface area (Å²) in [5.41, 5.74) is 0. The molecular weight excluding hydrogens is 304 g/mol. The summed E-state index contributed by atoms with van der Waals surface area (Å²) >= 11 is 0. The van der Waals surface area contributed by atoms with Crippen molar-refractivity contribution >= 4 is 0 Å². The van der Waals surface area contributed by atoms with E-state index >= 15 is 0 Å². The number of hydrogen-bond acceptors (Lipinski definition) is 0. The molecule has 0 spiro atoms. The molecule has 0 bridgehead atoms. The molecule has 0 amide bonds. The van der Waals surface area contributed by atoms with Crippen molar-refractivity contribution in [2.45, 2.75) is 0 Å². The third-order valence-electron chi connectivity index (χ3n) is 0. The Morgan fingerprint density at radius 2 is 0.286 bits per heavy atom. The van der Waals surface area contributed by atoms with E-state index in [1.807, 2.05) is 0 Å². The van der Waals surface area contributed by atoms with Crippen molar-refractivity contribution in [3.8, 4) is 0 Å². The fourth-order valence-electron chi connectivity index (χ4n) is 0. The fourth-order valence-corrected chi connectivity index (χ4v) is 0. The van der Waals surface area contributed by atoms with Crippen LogP contribution in [0.3, 0.4) is 0 Å². The van der Waals surface area contributed by atoms with Gasteiger partial charge >= 0.3 is 19.8 Å². The number of hydrogen-bond donors (Lipinski definition) is 0. The molecule has 50 valence electrons. The van der Waals surface area contributed by atoms with Crippen LogP contribution in [0, 0.1) is 0 Å². The molecule has 0 fully saturated rings. The Balaban J connectivity index is 0. The molecule has 0 radical (unpaired) electrons. The average molecular weight is 304 g/mol. The molecule has 0 aliphatic carbocycles. The van der Waals surface area contributed by atoms with E-state index in [1.165, 1.54) is 0 Å². The first-order valence-corrected chi connectivity index (χ1v) is 0. The molecule has 0 N–H and O–H groups in total. The molecule has 0 heterocycles. The maximum atomic E-state index is 0. The Bertz CT molecular complexity index is 4.14. The summed E-state index contributed by atoms with van der Waals surface area (Å²) in [5, 5.41) is 0. The topological polar surface area (TPSA) is 0 Å².